The third kappa shape index (κ3) is 2.85. The van der Waals surface area contributed by atoms with Crippen LogP contribution in [-0.2, 0) is 27.1 Å². The van der Waals surface area contributed by atoms with Crippen LogP contribution < -0.4 is 0 Å². The van der Waals surface area contributed by atoms with Gasteiger partial charge in [-0.1, -0.05) is 31.5 Å². The standard InChI is InChI=1S/C23H30O4/c1-6-14-8-13(3)9-15(7-2)18(14)19-20(24)16-10-23(11-17(16)21(19)25)12-26-22(4,5)27-23/h8-9,16-17,24H,6-7,10-12H2,1-5H3/t16-,17+,23-/m0/s1. The lowest BCUT2D eigenvalue weighted by Gasteiger charge is -2.25. The third-order valence-corrected chi connectivity index (χ3v) is 6.46. The van der Waals surface area contributed by atoms with Crippen molar-refractivity contribution < 1.29 is 19.4 Å². The van der Waals surface area contributed by atoms with Crippen molar-refractivity contribution in [2.75, 3.05) is 6.61 Å². The van der Waals surface area contributed by atoms with Crippen molar-refractivity contribution in [2.24, 2.45) is 11.8 Å². The van der Waals surface area contributed by atoms with Crippen LogP contribution >= 0.6 is 0 Å². The predicted molar refractivity (Wildman–Crippen MR) is 105 cm³/mol. The summed E-state index contributed by atoms with van der Waals surface area (Å²) in [5.74, 6) is -0.626. The highest BCUT2D eigenvalue weighted by Crippen LogP contribution is 2.55. The van der Waals surface area contributed by atoms with Crippen molar-refractivity contribution in [3.8, 4) is 0 Å². The number of allylic oxidation sites excluding steroid dienone is 2. The molecule has 1 aromatic rings. The van der Waals surface area contributed by atoms with Gasteiger partial charge in [-0.3, -0.25) is 4.79 Å². The van der Waals surface area contributed by atoms with Crippen molar-refractivity contribution in [1.82, 2.24) is 0 Å². The Morgan fingerprint density at radius 1 is 1.11 bits per heavy atom. The van der Waals surface area contributed by atoms with E-state index in [0.717, 1.165) is 29.5 Å². The zero-order valence-electron chi connectivity index (χ0n) is 17.0. The molecule has 4 rings (SSSR count). The van der Waals surface area contributed by atoms with Gasteiger partial charge in [0.25, 0.3) is 0 Å². The number of benzene rings is 1. The van der Waals surface area contributed by atoms with E-state index in [2.05, 4.69) is 32.9 Å². The molecule has 0 unspecified atom stereocenters. The average Bonchev–Trinajstić information content (AvgIpc) is 3.20. The van der Waals surface area contributed by atoms with Gasteiger partial charge in [-0.25, -0.2) is 0 Å². The van der Waals surface area contributed by atoms with E-state index < -0.39 is 11.4 Å². The summed E-state index contributed by atoms with van der Waals surface area (Å²) in [4.78, 5) is 13.4. The maximum atomic E-state index is 13.4. The molecule has 2 aliphatic carbocycles. The lowest BCUT2D eigenvalue weighted by Crippen LogP contribution is -2.32. The summed E-state index contributed by atoms with van der Waals surface area (Å²) >= 11 is 0. The van der Waals surface area contributed by atoms with E-state index in [1.54, 1.807) is 0 Å². The predicted octanol–water partition coefficient (Wildman–Crippen LogP) is 4.52. The Morgan fingerprint density at radius 2 is 1.70 bits per heavy atom. The second-order valence-electron chi connectivity index (χ2n) is 8.88. The van der Waals surface area contributed by atoms with Crippen LogP contribution in [0.3, 0.4) is 0 Å². The molecule has 2 fully saturated rings. The molecule has 1 N–H and O–H groups in total. The molecule has 27 heavy (non-hydrogen) atoms. The van der Waals surface area contributed by atoms with E-state index in [0.29, 0.717) is 25.0 Å². The molecule has 4 heteroatoms. The monoisotopic (exact) mass is 370 g/mol. The number of hydrogen-bond acceptors (Lipinski definition) is 4. The second-order valence-corrected chi connectivity index (χ2v) is 8.88. The zero-order valence-corrected chi connectivity index (χ0v) is 17.0. The number of aliphatic hydroxyl groups excluding tert-OH is 1. The van der Waals surface area contributed by atoms with Crippen LogP contribution in [0.15, 0.2) is 17.9 Å². The first-order valence-corrected chi connectivity index (χ1v) is 10.1. The quantitative estimate of drug-likeness (QED) is 0.850. The number of carbonyl (C=O) groups is 1. The molecule has 1 aromatic carbocycles. The lowest BCUT2D eigenvalue weighted by molar-refractivity contribution is -0.161. The molecule has 1 saturated heterocycles. The molecule has 0 aromatic heterocycles. The summed E-state index contributed by atoms with van der Waals surface area (Å²) in [7, 11) is 0. The fraction of sp³-hybridized carbons (Fsp3) is 0.609. The van der Waals surface area contributed by atoms with Gasteiger partial charge in [-0.15, -0.1) is 0 Å². The van der Waals surface area contributed by atoms with Gasteiger partial charge in [0, 0.05) is 11.8 Å². The third-order valence-electron chi connectivity index (χ3n) is 6.46. The first-order chi connectivity index (χ1) is 12.7. The molecule has 3 aliphatic rings. The fourth-order valence-corrected chi connectivity index (χ4v) is 5.39. The molecule has 1 heterocycles. The van der Waals surface area contributed by atoms with E-state index in [9.17, 15) is 9.90 Å². The minimum absolute atomic E-state index is 0.0796. The fourth-order valence-electron chi connectivity index (χ4n) is 5.39. The molecule has 0 bridgehead atoms. The molecule has 0 amide bonds. The molecule has 1 spiro atoms. The van der Waals surface area contributed by atoms with E-state index in [4.69, 9.17) is 9.47 Å². The molecular weight excluding hydrogens is 340 g/mol. The van der Waals surface area contributed by atoms with E-state index in [1.807, 2.05) is 13.8 Å². The average molecular weight is 370 g/mol. The number of carbonyl (C=O) groups excluding carboxylic acids is 1. The SMILES string of the molecule is CCc1cc(C)cc(CC)c1C1=C(O)[C@H]2C[C@@]3(COC(C)(C)O3)C[C@H]2C1=O. The van der Waals surface area contributed by atoms with Crippen molar-refractivity contribution in [1.29, 1.82) is 0 Å². The molecule has 0 radical (unpaired) electrons. The van der Waals surface area contributed by atoms with Crippen molar-refractivity contribution in [3.05, 3.63) is 40.1 Å². The first kappa shape index (κ1) is 18.7. The zero-order chi connectivity index (χ0) is 19.6. The Hall–Kier alpha value is -1.65. The van der Waals surface area contributed by atoms with Crippen LogP contribution in [0, 0.1) is 18.8 Å². The summed E-state index contributed by atoms with van der Waals surface area (Å²) in [6.45, 7) is 10.6. The summed E-state index contributed by atoms with van der Waals surface area (Å²) in [6.07, 6.45) is 2.97. The summed E-state index contributed by atoms with van der Waals surface area (Å²) in [6, 6.07) is 4.29. The van der Waals surface area contributed by atoms with E-state index in [-0.39, 0.29) is 23.4 Å². The Bertz CT molecular complexity index is 810. The Kier molecular flexibility index (Phi) is 4.28. The number of hydrogen-bond donors (Lipinski definition) is 1. The molecule has 1 saturated carbocycles. The van der Waals surface area contributed by atoms with Gasteiger partial charge in [-0.2, -0.15) is 0 Å². The van der Waals surface area contributed by atoms with Gasteiger partial charge < -0.3 is 14.6 Å². The first-order valence-electron chi connectivity index (χ1n) is 10.1. The maximum absolute atomic E-state index is 13.4. The second kappa shape index (κ2) is 6.18. The van der Waals surface area contributed by atoms with E-state index in [1.165, 1.54) is 5.56 Å². The number of aliphatic hydroxyl groups is 1. The summed E-state index contributed by atoms with van der Waals surface area (Å²) < 4.78 is 11.9. The molecule has 4 nitrogen and oxygen atoms in total. The van der Waals surface area contributed by atoms with Crippen molar-refractivity contribution in [2.45, 2.75) is 71.7 Å². The summed E-state index contributed by atoms with van der Waals surface area (Å²) in [5.41, 5.74) is 4.60. The number of fused-ring (bicyclic) bond motifs is 1. The molecule has 1 aliphatic heterocycles. The minimum atomic E-state index is -0.619. The van der Waals surface area contributed by atoms with Gasteiger partial charge in [0.1, 0.15) is 5.76 Å². The largest absolute Gasteiger partial charge is 0.511 e. The minimum Gasteiger partial charge on any atom is -0.511 e. The number of ketones is 1. The topological polar surface area (TPSA) is 55.8 Å². The normalized spacial score (nSPS) is 32.0. The van der Waals surface area contributed by atoms with Crippen LogP contribution in [0.1, 0.15) is 62.8 Å². The maximum Gasteiger partial charge on any atom is 0.170 e. The smallest absolute Gasteiger partial charge is 0.170 e. The van der Waals surface area contributed by atoms with Crippen LogP contribution in [0.4, 0.5) is 0 Å². The van der Waals surface area contributed by atoms with Crippen molar-refractivity contribution >= 4 is 11.4 Å². The van der Waals surface area contributed by atoms with Gasteiger partial charge in [-0.05, 0) is 63.1 Å². The highest BCUT2D eigenvalue weighted by molar-refractivity contribution is 6.25. The number of Topliss-reactive ketones (excluding diaryl/α,β-unsaturated/α-hetero) is 1. The molecular formula is C23H30O4. The van der Waals surface area contributed by atoms with Crippen LogP contribution in [0.2, 0.25) is 0 Å². The highest BCUT2D eigenvalue weighted by atomic mass is 16.8. The molecule has 146 valence electrons. The number of rotatable bonds is 3. The number of ether oxygens (including phenoxy) is 2. The molecule has 3 atom stereocenters. The van der Waals surface area contributed by atoms with Gasteiger partial charge in [0.05, 0.1) is 17.8 Å². The van der Waals surface area contributed by atoms with Gasteiger partial charge >= 0.3 is 0 Å². The number of aryl methyl sites for hydroxylation is 3. The van der Waals surface area contributed by atoms with E-state index >= 15 is 0 Å². The Balaban J connectivity index is 1.76. The van der Waals surface area contributed by atoms with Crippen LogP contribution in [0.5, 0.6) is 0 Å². The van der Waals surface area contributed by atoms with Crippen LogP contribution in [-0.4, -0.2) is 28.9 Å². The van der Waals surface area contributed by atoms with Gasteiger partial charge in [0.2, 0.25) is 0 Å². The Labute approximate surface area is 161 Å². The van der Waals surface area contributed by atoms with Gasteiger partial charge in [0.15, 0.2) is 11.6 Å². The van der Waals surface area contributed by atoms with Crippen molar-refractivity contribution in [3.63, 3.8) is 0 Å². The van der Waals surface area contributed by atoms with Crippen LogP contribution in [0.25, 0.3) is 5.57 Å². The summed E-state index contributed by atoms with van der Waals surface area (Å²) in [5, 5.41) is 11.1. The Morgan fingerprint density at radius 3 is 2.19 bits per heavy atom. The lowest BCUT2D eigenvalue weighted by atomic mass is 9.86. The highest BCUT2D eigenvalue weighted by Gasteiger charge is 2.59.